The fourth-order valence-corrected chi connectivity index (χ4v) is 2.52. The van der Waals surface area contributed by atoms with E-state index >= 15 is 0 Å². The summed E-state index contributed by atoms with van der Waals surface area (Å²) in [7, 11) is 0. The molecule has 1 N–H and O–H groups in total. The third-order valence-electron chi connectivity index (χ3n) is 3.21. The van der Waals surface area contributed by atoms with Gasteiger partial charge in [-0.3, -0.25) is 0 Å². The van der Waals surface area contributed by atoms with E-state index in [-0.39, 0.29) is 0 Å². The zero-order valence-corrected chi connectivity index (χ0v) is 11.4. The highest BCUT2D eigenvalue weighted by Gasteiger charge is 2.10. The second-order valence-corrected chi connectivity index (χ2v) is 5.24. The summed E-state index contributed by atoms with van der Waals surface area (Å²) in [6, 6.07) is 6.31. The molecule has 0 bridgehead atoms. The highest BCUT2D eigenvalue weighted by molar-refractivity contribution is 9.10. The van der Waals surface area contributed by atoms with Crippen molar-refractivity contribution in [2.75, 3.05) is 31.5 Å². The molecule has 0 saturated carbocycles. The molecule has 1 aromatic carbocycles. The molecule has 0 atom stereocenters. The number of likely N-dealkylation sites (tertiary alicyclic amines) is 1. The van der Waals surface area contributed by atoms with E-state index in [9.17, 15) is 0 Å². The Kier molecular flexibility index (Phi) is 4.24. The minimum Gasteiger partial charge on any atom is -0.384 e. The lowest BCUT2D eigenvalue weighted by molar-refractivity contribution is 0.352. The van der Waals surface area contributed by atoms with Gasteiger partial charge in [0, 0.05) is 23.2 Å². The average Bonchev–Trinajstić information content (AvgIpc) is 2.77. The fraction of sp³-hybridized carbons (Fsp3) is 0.538. The molecule has 1 saturated heterocycles. The molecular weight excluding hydrogens is 264 g/mol. The second kappa shape index (κ2) is 5.69. The van der Waals surface area contributed by atoms with Gasteiger partial charge in [-0.1, -0.05) is 22.0 Å². The minimum absolute atomic E-state index is 1.04. The van der Waals surface area contributed by atoms with E-state index in [4.69, 9.17) is 0 Å². The zero-order chi connectivity index (χ0) is 11.4. The molecule has 0 radical (unpaired) electrons. The SMILES string of the molecule is Cc1c(Br)cccc1NCCN1CCCC1. The molecule has 1 aliphatic rings. The molecule has 0 spiro atoms. The Morgan fingerprint density at radius 3 is 2.81 bits per heavy atom. The first-order valence-corrected chi connectivity index (χ1v) is 6.78. The third-order valence-corrected chi connectivity index (χ3v) is 4.07. The van der Waals surface area contributed by atoms with Gasteiger partial charge in [-0.25, -0.2) is 0 Å². The largest absolute Gasteiger partial charge is 0.384 e. The summed E-state index contributed by atoms with van der Waals surface area (Å²) in [5.74, 6) is 0. The first-order valence-electron chi connectivity index (χ1n) is 5.99. The summed E-state index contributed by atoms with van der Waals surface area (Å²) in [6.07, 6.45) is 2.74. The zero-order valence-electron chi connectivity index (χ0n) is 9.80. The lowest BCUT2D eigenvalue weighted by Crippen LogP contribution is -2.26. The Bertz CT molecular complexity index is 346. The van der Waals surface area contributed by atoms with Crippen molar-refractivity contribution in [2.24, 2.45) is 0 Å². The molecule has 0 amide bonds. The van der Waals surface area contributed by atoms with Crippen LogP contribution in [0.15, 0.2) is 22.7 Å². The summed E-state index contributed by atoms with van der Waals surface area (Å²) >= 11 is 3.55. The van der Waals surface area contributed by atoms with Crippen LogP contribution in [-0.2, 0) is 0 Å². The van der Waals surface area contributed by atoms with Crippen LogP contribution in [0.3, 0.4) is 0 Å². The van der Waals surface area contributed by atoms with Crippen LogP contribution in [0.2, 0.25) is 0 Å². The monoisotopic (exact) mass is 282 g/mol. The standard InChI is InChI=1S/C13H19BrN2/c1-11-12(14)5-4-6-13(11)15-7-10-16-8-2-3-9-16/h4-6,15H,2-3,7-10H2,1H3. The van der Waals surface area contributed by atoms with Gasteiger partial charge in [0.1, 0.15) is 0 Å². The van der Waals surface area contributed by atoms with Crippen molar-refractivity contribution in [2.45, 2.75) is 19.8 Å². The maximum Gasteiger partial charge on any atom is 0.0381 e. The van der Waals surface area contributed by atoms with Crippen LogP contribution in [0.4, 0.5) is 5.69 Å². The van der Waals surface area contributed by atoms with Crippen molar-refractivity contribution in [3.05, 3.63) is 28.2 Å². The van der Waals surface area contributed by atoms with Crippen LogP contribution < -0.4 is 5.32 Å². The van der Waals surface area contributed by atoms with Crippen molar-refractivity contribution in [1.82, 2.24) is 4.90 Å². The van der Waals surface area contributed by atoms with Gasteiger partial charge >= 0.3 is 0 Å². The molecule has 1 fully saturated rings. The van der Waals surface area contributed by atoms with Crippen molar-refractivity contribution >= 4 is 21.6 Å². The van der Waals surface area contributed by atoms with Crippen molar-refractivity contribution in [3.8, 4) is 0 Å². The van der Waals surface area contributed by atoms with Gasteiger partial charge < -0.3 is 10.2 Å². The smallest absolute Gasteiger partial charge is 0.0381 e. The summed E-state index contributed by atoms with van der Waals surface area (Å²) in [5, 5.41) is 3.51. The van der Waals surface area contributed by atoms with Gasteiger partial charge in [-0.15, -0.1) is 0 Å². The molecular formula is C13H19BrN2. The molecule has 16 heavy (non-hydrogen) atoms. The Hall–Kier alpha value is -0.540. The van der Waals surface area contributed by atoms with Crippen LogP contribution >= 0.6 is 15.9 Å². The first-order chi connectivity index (χ1) is 7.77. The highest BCUT2D eigenvalue weighted by Crippen LogP contribution is 2.23. The number of hydrogen-bond acceptors (Lipinski definition) is 2. The predicted octanol–water partition coefficient (Wildman–Crippen LogP) is 3.27. The average molecular weight is 283 g/mol. The van der Waals surface area contributed by atoms with Gasteiger partial charge in [0.15, 0.2) is 0 Å². The molecule has 2 rings (SSSR count). The molecule has 2 nitrogen and oxygen atoms in total. The third kappa shape index (κ3) is 2.98. The van der Waals surface area contributed by atoms with Gasteiger partial charge in [0.05, 0.1) is 0 Å². The molecule has 1 aliphatic heterocycles. The van der Waals surface area contributed by atoms with Gasteiger partial charge in [0.2, 0.25) is 0 Å². The first kappa shape index (κ1) is 11.9. The lowest BCUT2D eigenvalue weighted by Gasteiger charge is -2.16. The van der Waals surface area contributed by atoms with Crippen molar-refractivity contribution in [3.63, 3.8) is 0 Å². The molecule has 1 aromatic rings. The van der Waals surface area contributed by atoms with Crippen LogP contribution in [0, 0.1) is 6.92 Å². The van der Waals surface area contributed by atoms with Crippen molar-refractivity contribution < 1.29 is 0 Å². The van der Waals surface area contributed by atoms with Crippen LogP contribution in [0.1, 0.15) is 18.4 Å². The van der Waals surface area contributed by atoms with E-state index < -0.39 is 0 Å². The Morgan fingerprint density at radius 2 is 2.06 bits per heavy atom. The Morgan fingerprint density at radius 1 is 1.31 bits per heavy atom. The molecule has 0 aliphatic carbocycles. The Labute approximate surface area is 106 Å². The maximum absolute atomic E-state index is 3.55. The van der Waals surface area contributed by atoms with Crippen LogP contribution in [0.25, 0.3) is 0 Å². The number of hydrogen-bond donors (Lipinski definition) is 1. The normalized spacial score (nSPS) is 16.6. The molecule has 1 heterocycles. The van der Waals surface area contributed by atoms with Crippen LogP contribution in [0.5, 0.6) is 0 Å². The van der Waals surface area contributed by atoms with Gasteiger partial charge in [0.25, 0.3) is 0 Å². The molecule has 88 valence electrons. The Balaban J connectivity index is 1.82. The van der Waals surface area contributed by atoms with Crippen LogP contribution in [-0.4, -0.2) is 31.1 Å². The van der Waals surface area contributed by atoms with E-state index in [1.807, 2.05) is 0 Å². The van der Waals surface area contributed by atoms with E-state index in [0.29, 0.717) is 0 Å². The highest BCUT2D eigenvalue weighted by atomic mass is 79.9. The second-order valence-electron chi connectivity index (χ2n) is 4.39. The maximum atomic E-state index is 3.55. The summed E-state index contributed by atoms with van der Waals surface area (Å²) < 4.78 is 1.18. The van der Waals surface area contributed by atoms with Crippen molar-refractivity contribution in [1.29, 1.82) is 0 Å². The quantitative estimate of drug-likeness (QED) is 0.912. The minimum atomic E-state index is 1.04. The van der Waals surface area contributed by atoms with E-state index in [1.54, 1.807) is 0 Å². The number of halogens is 1. The number of anilines is 1. The predicted molar refractivity (Wildman–Crippen MR) is 73.0 cm³/mol. The summed E-state index contributed by atoms with van der Waals surface area (Å²) in [4.78, 5) is 2.53. The summed E-state index contributed by atoms with van der Waals surface area (Å²) in [6.45, 7) is 6.89. The number of nitrogens with zero attached hydrogens (tertiary/aromatic N) is 1. The summed E-state index contributed by atoms with van der Waals surface area (Å²) in [5.41, 5.74) is 2.54. The van der Waals surface area contributed by atoms with E-state index in [0.717, 1.165) is 13.1 Å². The van der Waals surface area contributed by atoms with Gasteiger partial charge in [-0.05, 0) is 50.6 Å². The number of benzene rings is 1. The number of nitrogens with one attached hydrogen (secondary N) is 1. The molecule has 3 heteroatoms. The molecule has 0 aromatic heterocycles. The number of rotatable bonds is 4. The molecule has 0 unspecified atom stereocenters. The lowest BCUT2D eigenvalue weighted by atomic mass is 10.2. The van der Waals surface area contributed by atoms with E-state index in [2.05, 4.69) is 51.3 Å². The topological polar surface area (TPSA) is 15.3 Å². The van der Waals surface area contributed by atoms with E-state index in [1.165, 1.54) is 41.7 Å². The van der Waals surface area contributed by atoms with Gasteiger partial charge in [-0.2, -0.15) is 0 Å². The fourth-order valence-electron chi connectivity index (χ4n) is 2.15.